The van der Waals surface area contributed by atoms with E-state index in [-0.39, 0.29) is 5.91 Å². The summed E-state index contributed by atoms with van der Waals surface area (Å²) in [5.41, 5.74) is 3.70. The Bertz CT molecular complexity index is 773. The maximum atomic E-state index is 13.1. The lowest BCUT2D eigenvalue weighted by Gasteiger charge is -2.24. The van der Waals surface area contributed by atoms with Gasteiger partial charge in [-0.2, -0.15) is 5.10 Å². The van der Waals surface area contributed by atoms with Crippen molar-refractivity contribution in [2.45, 2.75) is 33.7 Å². The maximum Gasteiger partial charge on any atom is 0.272 e. The van der Waals surface area contributed by atoms with E-state index in [9.17, 15) is 4.79 Å². The van der Waals surface area contributed by atoms with Crippen LogP contribution < -0.4 is 4.90 Å². The Kier molecular flexibility index (Phi) is 6.45. The van der Waals surface area contributed by atoms with Crippen molar-refractivity contribution in [1.82, 2.24) is 19.7 Å². The molecule has 1 fully saturated rings. The number of hydrogen-bond acceptors (Lipinski definition) is 5. The highest BCUT2D eigenvalue weighted by Gasteiger charge is 2.23. The van der Waals surface area contributed by atoms with E-state index in [2.05, 4.69) is 21.0 Å². The molecule has 0 saturated carbocycles. The molecule has 0 aromatic carbocycles. The average molecular weight is 371 g/mol. The molecule has 2 aromatic rings. The first kappa shape index (κ1) is 19.4. The molecule has 3 rings (SSSR count). The number of rotatable bonds is 6. The maximum absolute atomic E-state index is 13.1. The van der Waals surface area contributed by atoms with Crippen LogP contribution in [0.5, 0.6) is 0 Å². The Hall–Kier alpha value is -2.41. The standard InChI is InChI=1S/C20H29N5O2/c1-4-27-13-12-25-19(15-17(3)22-25)20(26)24-9-5-8-23(10-11-24)18-6-7-21-16(2)14-18/h6-7,14-15H,4-5,8-13H2,1-3H3. The summed E-state index contributed by atoms with van der Waals surface area (Å²) in [6, 6.07) is 6.02. The molecule has 0 atom stereocenters. The monoisotopic (exact) mass is 371 g/mol. The van der Waals surface area contributed by atoms with Crippen LogP contribution in [0, 0.1) is 13.8 Å². The molecule has 0 radical (unpaired) electrons. The van der Waals surface area contributed by atoms with Crippen LogP contribution in [-0.2, 0) is 11.3 Å². The van der Waals surface area contributed by atoms with Crippen LogP contribution in [0.25, 0.3) is 0 Å². The van der Waals surface area contributed by atoms with Gasteiger partial charge >= 0.3 is 0 Å². The van der Waals surface area contributed by atoms with Crippen LogP contribution >= 0.6 is 0 Å². The average Bonchev–Trinajstić information content (AvgIpc) is 2.87. The Balaban J connectivity index is 1.68. The molecule has 0 unspecified atom stereocenters. The highest BCUT2D eigenvalue weighted by atomic mass is 16.5. The number of carbonyl (C=O) groups excluding carboxylic acids is 1. The molecule has 146 valence electrons. The van der Waals surface area contributed by atoms with E-state index in [1.807, 2.05) is 44.0 Å². The number of carbonyl (C=O) groups is 1. The molecular formula is C20H29N5O2. The SMILES string of the molecule is CCOCCn1nc(C)cc1C(=O)N1CCCN(c2ccnc(C)c2)CC1. The molecular weight excluding hydrogens is 342 g/mol. The topological polar surface area (TPSA) is 63.5 Å². The fourth-order valence-electron chi connectivity index (χ4n) is 3.45. The van der Waals surface area contributed by atoms with Gasteiger partial charge in [-0.25, -0.2) is 0 Å². The van der Waals surface area contributed by atoms with Gasteiger partial charge in [0.15, 0.2) is 0 Å². The molecule has 1 aliphatic rings. The normalized spacial score (nSPS) is 15.1. The van der Waals surface area contributed by atoms with Gasteiger partial charge < -0.3 is 14.5 Å². The number of anilines is 1. The van der Waals surface area contributed by atoms with Gasteiger partial charge in [-0.3, -0.25) is 14.5 Å². The van der Waals surface area contributed by atoms with Gasteiger partial charge in [-0.1, -0.05) is 0 Å². The van der Waals surface area contributed by atoms with Crippen molar-refractivity contribution in [3.05, 3.63) is 41.5 Å². The fraction of sp³-hybridized carbons (Fsp3) is 0.550. The zero-order valence-electron chi connectivity index (χ0n) is 16.5. The van der Waals surface area contributed by atoms with Crippen LogP contribution in [0.15, 0.2) is 24.4 Å². The summed E-state index contributed by atoms with van der Waals surface area (Å²) in [5, 5.41) is 4.47. The first-order valence-electron chi connectivity index (χ1n) is 9.67. The van der Waals surface area contributed by atoms with Crippen LogP contribution in [0.1, 0.15) is 35.2 Å². The van der Waals surface area contributed by atoms with Crippen molar-refractivity contribution < 1.29 is 9.53 Å². The third-order valence-corrected chi connectivity index (χ3v) is 4.80. The molecule has 1 aliphatic heterocycles. The minimum atomic E-state index is 0.0554. The van der Waals surface area contributed by atoms with Crippen molar-refractivity contribution in [2.75, 3.05) is 44.3 Å². The highest BCUT2D eigenvalue weighted by Crippen LogP contribution is 2.18. The Morgan fingerprint density at radius 2 is 2.00 bits per heavy atom. The summed E-state index contributed by atoms with van der Waals surface area (Å²) in [7, 11) is 0. The molecule has 0 spiro atoms. The third kappa shape index (κ3) is 4.86. The van der Waals surface area contributed by atoms with Gasteiger partial charge in [0.05, 0.1) is 18.8 Å². The van der Waals surface area contributed by atoms with Gasteiger partial charge in [-0.15, -0.1) is 0 Å². The summed E-state index contributed by atoms with van der Waals surface area (Å²) in [6.07, 6.45) is 2.79. The predicted octanol–water partition coefficient (Wildman–Crippen LogP) is 2.28. The second-order valence-electron chi connectivity index (χ2n) is 6.88. The van der Waals surface area contributed by atoms with Crippen molar-refractivity contribution in [1.29, 1.82) is 0 Å². The molecule has 7 nitrogen and oxygen atoms in total. The molecule has 1 saturated heterocycles. The molecule has 27 heavy (non-hydrogen) atoms. The van der Waals surface area contributed by atoms with E-state index in [4.69, 9.17) is 4.74 Å². The highest BCUT2D eigenvalue weighted by molar-refractivity contribution is 5.92. The summed E-state index contributed by atoms with van der Waals surface area (Å²) >= 11 is 0. The third-order valence-electron chi connectivity index (χ3n) is 4.80. The van der Waals surface area contributed by atoms with E-state index in [0.29, 0.717) is 32.0 Å². The summed E-state index contributed by atoms with van der Waals surface area (Å²) in [6.45, 7) is 10.9. The quantitative estimate of drug-likeness (QED) is 0.729. The Morgan fingerprint density at radius 1 is 1.15 bits per heavy atom. The van der Waals surface area contributed by atoms with E-state index >= 15 is 0 Å². The first-order chi connectivity index (χ1) is 13.1. The van der Waals surface area contributed by atoms with E-state index in [1.54, 1.807) is 4.68 Å². The van der Waals surface area contributed by atoms with Crippen molar-refractivity contribution in [2.24, 2.45) is 0 Å². The van der Waals surface area contributed by atoms with Gasteiger partial charge in [-0.05, 0) is 45.4 Å². The molecule has 0 bridgehead atoms. The van der Waals surface area contributed by atoms with Crippen molar-refractivity contribution in [3.63, 3.8) is 0 Å². The lowest BCUT2D eigenvalue weighted by Crippen LogP contribution is -2.36. The zero-order chi connectivity index (χ0) is 19.2. The van der Waals surface area contributed by atoms with Crippen LogP contribution in [0.2, 0.25) is 0 Å². The summed E-state index contributed by atoms with van der Waals surface area (Å²) in [5.74, 6) is 0.0554. The number of pyridine rings is 1. The first-order valence-corrected chi connectivity index (χ1v) is 9.67. The minimum Gasteiger partial charge on any atom is -0.380 e. The van der Waals surface area contributed by atoms with Gasteiger partial charge in [0, 0.05) is 50.4 Å². The summed E-state index contributed by atoms with van der Waals surface area (Å²) in [4.78, 5) is 21.7. The number of hydrogen-bond donors (Lipinski definition) is 0. The van der Waals surface area contributed by atoms with E-state index in [0.717, 1.165) is 37.4 Å². The zero-order valence-corrected chi connectivity index (χ0v) is 16.5. The van der Waals surface area contributed by atoms with Crippen LogP contribution in [-0.4, -0.2) is 65.0 Å². The van der Waals surface area contributed by atoms with Crippen molar-refractivity contribution >= 4 is 11.6 Å². The number of aromatic nitrogens is 3. The molecule has 2 aromatic heterocycles. The molecule has 3 heterocycles. The lowest BCUT2D eigenvalue weighted by molar-refractivity contribution is 0.0749. The van der Waals surface area contributed by atoms with Crippen LogP contribution in [0.3, 0.4) is 0 Å². The number of amides is 1. The van der Waals surface area contributed by atoms with Crippen LogP contribution in [0.4, 0.5) is 5.69 Å². The largest absolute Gasteiger partial charge is 0.380 e. The van der Waals surface area contributed by atoms with Gasteiger partial charge in [0.1, 0.15) is 5.69 Å². The number of ether oxygens (including phenoxy) is 1. The van der Waals surface area contributed by atoms with Crippen molar-refractivity contribution in [3.8, 4) is 0 Å². The van der Waals surface area contributed by atoms with Gasteiger partial charge in [0.25, 0.3) is 5.91 Å². The molecule has 0 aliphatic carbocycles. The second kappa shape index (κ2) is 8.99. The predicted molar refractivity (Wildman–Crippen MR) is 105 cm³/mol. The minimum absolute atomic E-state index is 0.0554. The summed E-state index contributed by atoms with van der Waals surface area (Å²) < 4.78 is 7.20. The number of aryl methyl sites for hydroxylation is 2. The van der Waals surface area contributed by atoms with E-state index < -0.39 is 0 Å². The smallest absolute Gasteiger partial charge is 0.272 e. The Morgan fingerprint density at radius 3 is 2.78 bits per heavy atom. The number of nitrogens with zero attached hydrogens (tertiary/aromatic N) is 5. The molecule has 7 heteroatoms. The molecule has 1 amide bonds. The van der Waals surface area contributed by atoms with E-state index in [1.165, 1.54) is 5.69 Å². The fourth-order valence-corrected chi connectivity index (χ4v) is 3.45. The van der Waals surface area contributed by atoms with Gasteiger partial charge in [0.2, 0.25) is 0 Å². The second-order valence-corrected chi connectivity index (χ2v) is 6.88. The molecule has 0 N–H and O–H groups in total. The lowest BCUT2D eigenvalue weighted by atomic mass is 10.3. The Labute approximate surface area is 160 Å².